The SMILES string of the molecule is CCC1CCC(c2noc(CC3CCCCC3NC)n2)C1. The summed E-state index contributed by atoms with van der Waals surface area (Å²) in [6.45, 7) is 2.29. The average molecular weight is 291 g/mol. The molecule has 1 aromatic rings. The lowest BCUT2D eigenvalue weighted by Gasteiger charge is -2.30. The molecule has 0 aromatic carbocycles. The van der Waals surface area contributed by atoms with E-state index in [0.29, 0.717) is 17.9 Å². The lowest BCUT2D eigenvalue weighted by molar-refractivity contribution is 0.248. The molecule has 0 spiro atoms. The summed E-state index contributed by atoms with van der Waals surface area (Å²) in [5.74, 6) is 3.89. The Hall–Kier alpha value is -0.900. The van der Waals surface area contributed by atoms with Crippen LogP contribution in [0.15, 0.2) is 4.52 Å². The van der Waals surface area contributed by atoms with Crippen LogP contribution in [0.25, 0.3) is 0 Å². The minimum atomic E-state index is 0.541. The van der Waals surface area contributed by atoms with Crippen LogP contribution in [0.3, 0.4) is 0 Å². The summed E-state index contributed by atoms with van der Waals surface area (Å²) in [5, 5.41) is 7.74. The van der Waals surface area contributed by atoms with Gasteiger partial charge in [0.2, 0.25) is 5.89 Å². The average Bonchev–Trinajstić information content (AvgIpc) is 3.16. The number of hydrogen-bond donors (Lipinski definition) is 1. The van der Waals surface area contributed by atoms with Crippen molar-refractivity contribution < 1.29 is 4.52 Å². The number of nitrogens with one attached hydrogen (secondary N) is 1. The van der Waals surface area contributed by atoms with Gasteiger partial charge >= 0.3 is 0 Å². The molecule has 0 amide bonds. The number of rotatable bonds is 5. The van der Waals surface area contributed by atoms with Crippen LogP contribution in [-0.4, -0.2) is 23.2 Å². The van der Waals surface area contributed by atoms with Crippen LogP contribution in [0.1, 0.15) is 75.9 Å². The molecule has 1 aromatic heterocycles. The van der Waals surface area contributed by atoms with E-state index in [1.54, 1.807) is 0 Å². The molecule has 0 aliphatic heterocycles. The zero-order valence-electron chi connectivity index (χ0n) is 13.5. The van der Waals surface area contributed by atoms with Gasteiger partial charge in [0.15, 0.2) is 5.82 Å². The first kappa shape index (κ1) is 15.0. The maximum Gasteiger partial charge on any atom is 0.226 e. The molecule has 2 fully saturated rings. The first-order valence-corrected chi connectivity index (χ1v) is 8.79. The maximum atomic E-state index is 5.55. The van der Waals surface area contributed by atoms with Gasteiger partial charge in [0, 0.05) is 18.4 Å². The lowest BCUT2D eigenvalue weighted by atomic mass is 9.82. The molecule has 4 nitrogen and oxygen atoms in total. The van der Waals surface area contributed by atoms with E-state index in [1.165, 1.54) is 51.4 Å². The Morgan fingerprint density at radius 3 is 2.81 bits per heavy atom. The number of aromatic nitrogens is 2. The molecular formula is C17H29N3O. The van der Waals surface area contributed by atoms with Gasteiger partial charge in [-0.05, 0) is 51.0 Å². The Morgan fingerprint density at radius 1 is 1.19 bits per heavy atom. The van der Waals surface area contributed by atoms with Crippen LogP contribution in [0.5, 0.6) is 0 Å². The smallest absolute Gasteiger partial charge is 0.226 e. The Bertz CT molecular complexity index is 445. The van der Waals surface area contributed by atoms with Crippen molar-refractivity contribution in [2.24, 2.45) is 11.8 Å². The molecule has 4 heteroatoms. The first-order valence-electron chi connectivity index (χ1n) is 8.79. The van der Waals surface area contributed by atoms with Crippen LogP contribution in [0.2, 0.25) is 0 Å². The van der Waals surface area contributed by atoms with Gasteiger partial charge < -0.3 is 9.84 Å². The molecule has 21 heavy (non-hydrogen) atoms. The minimum absolute atomic E-state index is 0.541. The van der Waals surface area contributed by atoms with Crippen LogP contribution in [0.4, 0.5) is 0 Å². The normalized spacial score (nSPS) is 33.4. The summed E-state index contributed by atoms with van der Waals surface area (Å²) in [6.07, 6.45) is 11.3. The summed E-state index contributed by atoms with van der Waals surface area (Å²) in [6, 6.07) is 0.616. The topological polar surface area (TPSA) is 51.0 Å². The predicted octanol–water partition coefficient (Wildman–Crippen LogP) is 3.68. The molecular weight excluding hydrogens is 262 g/mol. The Balaban J connectivity index is 1.60. The minimum Gasteiger partial charge on any atom is -0.339 e. The zero-order chi connectivity index (χ0) is 14.7. The predicted molar refractivity (Wildman–Crippen MR) is 83.2 cm³/mol. The fraction of sp³-hybridized carbons (Fsp3) is 0.882. The first-order chi connectivity index (χ1) is 10.3. The molecule has 3 rings (SSSR count). The molecule has 0 radical (unpaired) electrons. The van der Waals surface area contributed by atoms with E-state index < -0.39 is 0 Å². The van der Waals surface area contributed by atoms with Crippen molar-refractivity contribution in [2.45, 2.75) is 76.7 Å². The van der Waals surface area contributed by atoms with E-state index in [4.69, 9.17) is 9.51 Å². The molecule has 0 bridgehead atoms. The van der Waals surface area contributed by atoms with Crippen molar-refractivity contribution in [3.05, 3.63) is 11.7 Å². The molecule has 118 valence electrons. The Kier molecular flexibility index (Phi) is 4.94. The van der Waals surface area contributed by atoms with Crippen molar-refractivity contribution in [3.63, 3.8) is 0 Å². The molecule has 4 atom stereocenters. The van der Waals surface area contributed by atoms with Gasteiger partial charge in [0.25, 0.3) is 0 Å². The highest BCUT2D eigenvalue weighted by Crippen LogP contribution is 2.38. The van der Waals surface area contributed by atoms with Gasteiger partial charge in [-0.15, -0.1) is 0 Å². The van der Waals surface area contributed by atoms with Crippen LogP contribution in [0, 0.1) is 11.8 Å². The fourth-order valence-electron chi connectivity index (χ4n) is 4.25. The lowest BCUT2D eigenvalue weighted by Crippen LogP contribution is -2.37. The van der Waals surface area contributed by atoms with E-state index in [1.807, 2.05) is 0 Å². The highest BCUT2D eigenvalue weighted by molar-refractivity contribution is 5.00. The van der Waals surface area contributed by atoms with Gasteiger partial charge in [-0.1, -0.05) is 31.3 Å². The second-order valence-electron chi connectivity index (χ2n) is 6.97. The van der Waals surface area contributed by atoms with Crippen LogP contribution in [-0.2, 0) is 6.42 Å². The summed E-state index contributed by atoms with van der Waals surface area (Å²) >= 11 is 0. The maximum absolute atomic E-state index is 5.55. The van der Waals surface area contributed by atoms with Gasteiger partial charge in [-0.25, -0.2) is 0 Å². The number of hydrogen-bond acceptors (Lipinski definition) is 4. The highest BCUT2D eigenvalue weighted by Gasteiger charge is 2.30. The summed E-state index contributed by atoms with van der Waals surface area (Å²) in [7, 11) is 2.08. The zero-order valence-corrected chi connectivity index (χ0v) is 13.5. The van der Waals surface area contributed by atoms with Gasteiger partial charge in [0.05, 0.1) is 0 Å². The summed E-state index contributed by atoms with van der Waals surface area (Å²) < 4.78 is 5.55. The van der Waals surface area contributed by atoms with Crippen molar-refractivity contribution >= 4 is 0 Å². The third-order valence-electron chi connectivity index (χ3n) is 5.68. The van der Waals surface area contributed by atoms with Crippen molar-refractivity contribution in [1.29, 1.82) is 0 Å². The highest BCUT2D eigenvalue weighted by atomic mass is 16.5. The van der Waals surface area contributed by atoms with Crippen molar-refractivity contribution in [1.82, 2.24) is 15.5 Å². The Morgan fingerprint density at radius 2 is 2.05 bits per heavy atom. The second kappa shape index (κ2) is 6.91. The van der Waals surface area contributed by atoms with Crippen LogP contribution >= 0.6 is 0 Å². The monoisotopic (exact) mass is 291 g/mol. The van der Waals surface area contributed by atoms with E-state index in [-0.39, 0.29) is 0 Å². The van der Waals surface area contributed by atoms with E-state index in [0.717, 1.165) is 24.1 Å². The largest absolute Gasteiger partial charge is 0.339 e. The molecule has 1 heterocycles. The third kappa shape index (κ3) is 3.47. The third-order valence-corrected chi connectivity index (χ3v) is 5.68. The molecule has 2 aliphatic rings. The fourth-order valence-corrected chi connectivity index (χ4v) is 4.25. The number of nitrogens with zero attached hydrogens (tertiary/aromatic N) is 2. The van der Waals surface area contributed by atoms with Gasteiger partial charge in [-0.3, -0.25) is 0 Å². The summed E-state index contributed by atoms with van der Waals surface area (Å²) in [5.41, 5.74) is 0. The molecule has 2 saturated carbocycles. The molecule has 1 N–H and O–H groups in total. The molecule has 2 aliphatic carbocycles. The summed E-state index contributed by atoms with van der Waals surface area (Å²) in [4.78, 5) is 4.72. The van der Waals surface area contributed by atoms with Crippen molar-refractivity contribution in [2.75, 3.05) is 7.05 Å². The quantitative estimate of drug-likeness (QED) is 0.899. The second-order valence-corrected chi connectivity index (χ2v) is 6.97. The standard InChI is InChI=1S/C17H29N3O/c1-3-12-8-9-14(10-12)17-19-16(21-20-17)11-13-6-4-5-7-15(13)18-2/h12-15,18H,3-11H2,1-2H3. The Labute approximate surface area is 128 Å². The van der Waals surface area contributed by atoms with Gasteiger partial charge in [0.1, 0.15) is 0 Å². The molecule has 4 unspecified atom stereocenters. The van der Waals surface area contributed by atoms with Crippen molar-refractivity contribution in [3.8, 4) is 0 Å². The van der Waals surface area contributed by atoms with E-state index >= 15 is 0 Å². The van der Waals surface area contributed by atoms with Gasteiger partial charge in [-0.2, -0.15) is 4.98 Å². The van der Waals surface area contributed by atoms with E-state index in [9.17, 15) is 0 Å². The molecule has 0 saturated heterocycles. The van der Waals surface area contributed by atoms with Crippen LogP contribution < -0.4 is 5.32 Å². The van der Waals surface area contributed by atoms with E-state index in [2.05, 4.69) is 24.4 Å².